The molecule has 4 aromatic rings. The lowest BCUT2D eigenvalue weighted by atomic mass is 10.0. The zero-order chi connectivity index (χ0) is 18.8. The van der Waals surface area contributed by atoms with Gasteiger partial charge in [0.1, 0.15) is 5.82 Å². The number of nitrogens with one attached hydrogen (secondary N) is 1. The van der Waals surface area contributed by atoms with Crippen molar-refractivity contribution < 1.29 is 10.1 Å². The molecule has 0 amide bonds. The number of para-hydroxylation sites is 1. The maximum Gasteiger partial charge on any atom is 0.324 e. The molecular formula is C20H16N5O2+. The molecule has 0 aliphatic carbocycles. The second-order valence-electron chi connectivity index (χ2n) is 5.91. The number of pyridine rings is 1. The van der Waals surface area contributed by atoms with Crippen molar-refractivity contribution in [3.05, 3.63) is 71.9 Å². The van der Waals surface area contributed by atoms with Crippen molar-refractivity contribution in [2.24, 2.45) is 0 Å². The number of fused-ring (bicyclic) bond motifs is 1. The lowest BCUT2D eigenvalue weighted by Gasteiger charge is -2.10. The smallest absolute Gasteiger partial charge is 0.324 e. The summed E-state index contributed by atoms with van der Waals surface area (Å²) in [4.78, 5) is 24.7. The molecule has 0 bridgehead atoms. The highest BCUT2D eigenvalue weighted by Gasteiger charge is 2.19. The Balaban J connectivity index is 1.90. The third-order valence-electron chi connectivity index (χ3n) is 4.27. The Bertz CT molecular complexity index is 1150. The van der Waals surface area contributed by atoms with Gasteiger partial charge in [0.2, 0.25) is 0 Å². The minimum absolute atomic E-state index is 0.124. The molecule has 7 heteroatoms. The topological polar surface area (TPSA) is 91.0 Å². The van der Waals surface area contributed by atoms with E-state index in [1.54, 1.807) is 37.6 Å². The molecule has 2 aromatic carbocycles. The lowest BCUT2D eigenvalue weighted by Crippen LogP contribution is -1.99. The van der Waals surface area contributed by atoms with Gasteiger partial charge in [-0.05, 0) is 35.9 Å². The number of hydrogen-bond donors (Lipinski definition) is 2. The first kappa shape index (κ1) is 16.6. The van der Waals surface area contributed by atoms with E-state index < -0.39 is 0 Å². The van der Waals surface area contributed by atoms with Crippen LogP contribution < -0.4 is 5.32 Å². The van der Waals surface area contributed by atoms with E-state index in [0.29, 0.717) is 17.2 Å². The van der Waals surface area contributed by atoms with Crippen LogP contribution in [0.4, 0.5) is 11.5 Å². The number of aromatic nitrogens is 3. The zero-order valence-electron chi connectivity index (χ0n) is 14.5. The van der Waals surface area contributed by atoms with Crippen molar-refractivity contribution >= 4 is 22.4 Å². The normalized spacial score (nSPS) is 10.7. The number of rotatable bonds is 4. The minimum atomic E-state index is -0.124. The van der Waals surface area contributed by atoms with E-state index in [1.165, 1.54) is 0 Å². The van der Waals surface area contributed by atoms with Crippen LogP contribution in [0.2, 0.25) is 0 Å². The predicted octanol–water partition coefficient (Wildman–Crippen LogP) is 4.20. The molecule has 2 heterocycles. The van der Waals surface area contributed by atoms with Crippen LogP contribution in [0.5, 0.6) is 0 Å². The van der Waals surface area contributed by atoms with Crippen LogP contribution in [0, 0.1) is 4.91 Å². The van der Waals surface area contributed by atoms with E-state index in [-0.39, 0.29) is 10.6 Å². The van der Waals surface area contributed by atoms with Crippen LogP contribution in [0.1, 0.15) is 0 Å². The first-order valence-electron chi connectivity index (χ1n) is 8.33. The van der Waals surface area contributed by atoms with Gasteiger partial charge in [-0.3, -0.25) is 4.98 Å². The second kappa shape index (κ2) is 6.80. The average Bonchev–Trinajstić information content (AvgIpc) is 2.73. The van der Waals surface area contributed by atoms with Gasteiger partial charge in [-0.2, -0.15) is 0 Å². The van der Waals surface area contributed by atoms with Gasteiger partial charge in [0.15, 0.2) is 5.82 Å². The summed E-state index contributed by atoms with van der Waals surface area (Å²) in [5.41, 5.74) is 3.17. The predicted molar refractivity (Wildman–Crippen MR) is 103 cm³/mol. The van der Waals surface area contributed by atoms with E-state index in [0.717, 1.165) is 22.0 Å². The molecule has 0 saturated heterocycles. The van der Waals surface area contributed by atoms with Crippen molar-refractivity contribution in [3.8, 4) is 22.5 Å². The SMILES string of the molecule is CNc1nc(-c2cccnc2)nc2ccc(-c3ccccc3[N+](=O)O)cc12. The Labute approximate surface area is 154 Å². The molecule has 132 valence electrons. The van der Waals surface area contributed by atoms with Gasteiger partial charge in [0.05, 0.1) is 16.0 Å². The fourth-order valence-electron chi connectivity index (χ4n) is 3.00. The Morgan fingerprint density at radius 2 is 1.85 bits per heavy atom. The van der Waals surface area contributed by atoms with Crippen molar-refractivity contribution in [3.63, 3.8) is 0 Å². The largest absolute Gasteiger partial charge is 0.373 e. The van der Waals surface area contributed by atoms with Crippen molar-refractivity contribution in [2.75, 3.05) is 12.4 Å². The van der Waals surface area contributed by atoms with Crippen LogP contribution in [0.25, 0.3) is 33.4 Å². The quantitative estimate of drug-likeness (QED) is 0.531. The monoisotopic (exact) mass is 358 g/mol. The van der Waals surface area contributed by atoms with E-state index in [1.807, 2.05) is 36.4 Å². The minimum Gasteiger partial charge on any atom is -0.373 e. The van der Waals surface area contributed by atoms with Gasteiger partial charge in [0, 0.05) is 36.5 Å². The summed E-state index contributed by atoms with van der Waals surface area (Å²) >= 11 is 0. The molecule has 2 aromatic heterocycles. The summed E-state index contributed by atoms with van der Waals surface area (Å²) in [6.45, 7) is 0. The third kappa shape index (κ3) is 3.06. The maximum atomic E-state index is 11.5. The molecule has 0 atom stereocenters. The molecule has 4 rings (SSSR count). The average molecular weight is 358 g/mol. The van der Waals surface area contributed by atoms with Crippen LogP contribution >= 0.6 is 0 Å². The third-order valence-corrected chi connectivity index (χ3v) is 4.27. The van der Waals surface area contributed by atoms with Crippen molar-refractivity contribution in [2.45, 2.75) is 0 Å². The Morgan fingerprint density at radius 3 is 2.59 bits per heavy atom. The molecule has 0 spiro atoms. The Morgan fingerprint density at radius 1 is 1.00 bits per heavy atom. The van der Waals surface area contributed by atoms with Crippen LogP contribution in [-0.2, 0) is 0 Å². The zero-order valence-corrected chi connectivity index (χ0v) is 14.5. The molecular weight excluding hydrogens is 342 g/mol. The first-order valence-corrected chi connectivity index (χ1v) is 8.33. The van der Waals surface area contributed by atoms with E-state index >= 15 is 0 Å². The van der Waals surface area contributed by atoms with Gasteiger partial charge in [-0.1, -0.05) is 18.2 Å². The lowest BCUT2D eigenvalue weighted by molar-refractivity contribution is -0.729. The summed E-state index contributed by atoms with van der Waals surface area (Å²) < 4.78 is 0. The Kier molecular flexibility index (Phi) is 4.18. The molecule has 0 fully saturated rings. The molecule has 0 saturated carbocycles. The van der Waals surface area contributed by atoms with E-state index in [2.05, 4.69) is 20.3 Å². The number of hydrogen-bond acceptors (Lipinski definition) is 5. The summed E-state index contributed by atoms with van der Waals surface area (Å²) in [6, 6.07) is 16.2. The van der Waals surface area contributed by atoms with Crippen LogP contribution in [-0.4, -0.2) is 32.1 Å². The van der Waals surface area contributed by atoms with E-state index in [4.69, 9.17) is 0 Å². The number of benzene rings is 2. The molecule has 2 N–H and O–H groups in total. The molecule has 0 unspecified atom stereocenters. The van der Waals surface area contributed by atoms with Gasteiger partial charge in [-0.15, -0.1) is 0 Å². The highest BCUT2D eigenvalue weighted by atomic mass is 16.6. The summed E-state index contributed by atoms with van der Waals surface area (Å²) in [5, 5.41) is 13.3. The summed E-state index contributed by atoms with van der Waals surface area (Å²) in [6.07, 6.45) is 3.42. The van der Waals surface area contributed by atoms with Gasteiger partial charge in [0.25, 0.3) is 4.92 Å². The fraction of sp³-hybridized carbons (Fsp3) is 0.0500. The first-order chi connectivity index (χ1) is 13.2. The van der Waals surface area contributed by atoms with E-state index in [9.17, 15) is 10.1 Å². The molecule has 0 aliphatic rings. The van der Waals surface area contributed by atoms with Crippen molar-refractivity contribution in [1.82, 2.24) is 15.0 Å². The maximum absolute atomic E-state index is 11.5. The molecule has 0 aliphatic heterocycles. The summed E-state index contributed by atoms with van der Waals surface area (Å²) in [7, 11) is 1.79. The highest BCUT2D eigenvalue weighted by Crippen LogP contribution is 2.33. The number of nitrogens with zero attached hydrogens (tertiary/aromatic N) is 4. The van der Waals surface area contributed by atoms with Crippen molar-refractivity contribution in [1.29, 1.82) is 0 Å². The number of anilines is 1. The molecule has 0 radical (unpaired) electrons. The second-order valence-corrected chi connectivity index (χ2v) is 5.91. The Hall–Kier alpha value is -3.87. The van der Waals surface area contributed by atoms with Crippen LogP contribution in [0.3, 0.4) is 0 Å². The highest BCUT2D eigenvalue weighted by molar-refractivity contribution is 5.94. The van der Waals surface area contributed by atoms with Gasteiger partial charge >= 0.3 is 5.69 Å². The van der Waals surface area contributed by atoms with Gasteiger partial charge in [-0.25, -0.2) is 15.2 Å². The van der Waals surface area contributed by atoms with Gasteiger partial charge < -0.3 is 5.32 Å². The fourth-order valence-corrected chi connectivity index (χ4v) is 3.00. The van der Waals surface area contributed by atoms with Crippen LogP contribution in [0.15, 0.2) is 67.0 Å². The molecule has 27 heavy (non-hydrogen) atoms. The molecule has 7 nitrogen and oxygen atoms in total. The summed E-state index contributed by atoms with van der Waals surface area (Å²) in [5.74, 6) is 1.25. The standard InChI is InChI=1S/C20H16N5O2/c1-21-20-16-11-13(15-6-2-3-7-18(15)25(26)27)8-9-17(16)23-19(24-20)14-5-4-10-22-12-14/h2-12H,1H3,(H,26,27)(H,21,23,24)/q+1.